The Morgan fingerprint density at radius 3 is 2.80 bits per heavy atom. The second-order valence-electron chi connectivity index (χ2n) is 5.13. The maximum absolute atomic E-state index is 12.1. The van der Waals surface area contributed by atoms with Gasteiger partial charge in [0.05, 0.1) is 4.92 Å². The molecule has 0 bridgehead atoms. The van der Waals surface area contributed by atoms with Crippen molar-refractivity contribution in [3.8, 4) is 0 Å². The molecule has 2 N–H and O–H groups in total. The van der Waals surface area contributed by atoms with Crippen LogP contribution in [-0.4, -0.2) is 30.5 Å². The van der Waals surface area contributed by atoms with Gasteiger partial charge < -0.3 is 10.6 Å². The van der Waals surface area contributed by atoms with Crippen LogP contribution in [0.25, 0.3) is 0 Å². The Hall–Kier alpha value is -1.95. The number of carbonyl (C=O) groups excluding carboxylic acids is 1. The average molecular weight is 277 g/mol. The number of aryl methyl sites for hydroxylation is 1. The van der Waals surface area contributed by atoms with Crippen molar-refractivity contribution >= 4 is 11.6 Å². The average Bonchev–Trinajstić information content (AvgIpc) is 2.45. The van der Waals surface area contributed by atoms with Crippen LogP contribution in [0.4, 0.5) is 5.69 Å². The molecule has 6 heteroatoms. The van der Waals surface area contributed by atoms with Gasteiger partial charge in [-0.1, -0.05) is 12.1 Å². The van der Waals surface area contributed by atoms with Gasteiger partial charge in [-0.2, -0.15) is 0 Å². The standard InChI is InChI=1S/C14H19N3O3/c1-10-3-2-4-12(13(10)17(19)20)14(18)16-9-11-5-7-15-8-6-11/h2-4,11,15H,5-9H2,1H3,(H,16,18). The molecule has 2 rings (SSSR count). The Morgan fingerprint density at radius 2 is 2.15 bits per heavy atom. The van der Waals surface area contributed by atoms with Crippen LogP contribution in [-0.2, 0) is 0 Å². The van der Waals surface area contributed by atoms with Crippen molar-refractivity contribution in [2.75, 3.05) is 19.6 Å². The number of nitro benzene ring substituents is 1. The summed E-state index contributed by atoms with van der Waals surface area (Å²) in [5.74, 6) is 0.0861. The summed E-state index contributed by atoms with van der Waals surface area (Å²) in [7, 11) is 0. The van der Waals surface area contributed by atoms with E-state index in [1.807, 2.05) is 0 Å². The SMILES string of the molecule is Cc1cccc(C(=O)NCC2CCNCC2)c1[N+](=O)[O-]. The van der Waals surface area contributed by atoms with Crippen molar-refractivity contribution < 1.29 is 9.72 Å². The fourth-order valence-electron chi connectivity index (χ4n) is 2.50. The van der Waals surface area contributed by atoms with Crippen LogP contribution in [0.5, 0.6) is 0 Å². The highest BCUT2D eigenvalue weighted by Crippen LogP contribution is 2.23. The number of hydrogen-bond donors (Lipinski definition) is 2. The lowest BCUT2D eigenvalue weighted by molar-refractivity contribution is -0.385. The second kappa shape index (κ2) is 6.47. The van der Waals surface area contributed by atoms with Crippen molar-refractivity contribution in [1.29, 1.82) is 0 Å². The zero-order chi connectivity index (χ0) is 14.5. The van der Waals surface area contributed by atoms with Crippen LogP contribution in [0.3, 0.4) is 0 Å². The monoisotopic (exact) mass is 277 g/mol. The largest absolute Gasteiger partial charge is 0.352 e. The number of benzene rings is 1. The number of rotatable bonds is 4. The number of nitrogens with zero attached hydrogens (tertiary/aromatic N) is 1. The molecule has 1 aromatic carbocycles. The molecule has 1 saturated heterocycles. The number of para-hydroxylation sites is 1. The predicted octanol–water partition coefficient (Wildman–Crippen LogP) is 1.63. The molecule has 0 saturated carbocycles. The summed E-state index contributed by atoms with van der Waals surface area (Å²) < 4.78 is 0. The van der Waals surface area contributed by atoms with E-state index in [4.69, 9.17) is 0 Å². The number of hydrogen-bond acceptors (Lipinski definition) is 4. The Balaban J connectivity index is 2.05. The third-order valence-corrected chi connectivity index (χ3v) is 3.67. The number of amides is 1. The Morgan fingerprint density at radius 1 is 1.45 bits per heavy atom. The van der Waals surface area contributed by atoms with Crippen LogP contribution in [0.1, 0.15) is 28.8 Å². The van der Waals surface area contributed by atoms with E-state index in [1.54, 1.807) is 19.1 Å². The molecule has 0 aromatic heterocycles. The summed E-state index contributed by atoms with van der Waals surface area (Å²) in [6.07, 6.45) is 2.05. The summed E-state index contributed by atoms with van der Waals surface area (Å²) in [6, 6.07) is 4.81. The van der Waals surface area contributed by atoms with E-state index in [9.17, 15) is 14.9 Å². The van der Waals surface area contributed by atoms with Crippen LogP contribution < -0.4 is 10.6 Å². The molecule has 0 unspecified atom stereocenters. The van der Waals surface area contributed by atoms with E-state index in [0.717, 1.165) is 25.9 Å². The number of nitro groups is 1. The van der Waals surface area contributed by atoms with E-state index in [0.29, 0.717) is 18.0 Å². The van der Waals surface area contributed by atoms with E-state index in [1.165, 1.54) is 6.07 Å². The fraction of sp³-hybridized carbons (Fsp3) is 0.500. The lowest BCUT2D eigenvalue weighted by Crippen LogP contribution is -2.36. The molecule has 1 fully saturated rings. The number of piperidine rings is 1. The Bertz CT molecular complexity index is 510. The molecule has 1 heterocycles. The highest BCUT2D eigenvalue weighted by atomic mass is 16.6. The first-order chi connectivity index (χ1) is 9.59. The topological polar surface area (TPSA) is 84.3 Å². The van der Waals surface area contributed by atoms with Crippen LogP contribution in [0.2, 0.25) is 0 Å². The molecule has 0 aliphatic carbocycles. The molecule has 1 amide bonds. The molecular formula is C14H19N3O3. The lowest BCUT2D eigenvalue weighted by Gasteiger charge is -2.22. The van der Waals surface area contributed by atoms with Crippen molar-refractivity contribution in [3.05, 3.63) is 39.4 Å². The minimum absolute atomic E-state index is 0.102. The van der Waals surface area contributed by atoms with Crippen LogP contribution in [0.15, 0.2) is 18.2 Å². The molecule has 1 aliphatic rings. The van der Waals surface area contributed by atoms with Gasteiger partial charge in [-0.15, -0.1) is 0 Å². The third kappa shape index (κ3) is 3.33. The molecule has 6 nitrogen and oxygen atoms in total. The van der Waals surface area contributed by atoms with E-state index >= 15 is 0 Å². The summed E-state index contributed by atoms with van der Waals surface area (Å²) in [5.41, 5.74) is 0.545. The van der Waals surface area contributed by atoms with Gasteiger partial charge in [-0.25, -0.2) is 0 Å². The number of nitrogens with one attached hydrogen (secondary N) is 2. The van der Waals surface area contributed by atoms with Crippen molar-refractivity contribution in [3.63, 3.8) is 0 Å². The molecule has 1 aliphatic heterocycles. The van der Waals surface area contributed by atoms with Gasteiger partial charge in [-0.05, 0) is 44.8 Å². The maximum Gasteiger partial charge on any atom is 0.285 e. The van der Waals surface area contributed by atoms with Gasteiger partial charge in [0.25, 0.3) is 11.6 Å². The fourth-order valence-corrected chi connectivity index (χ4v) is 2.50. The smallest absolute Gasteiger partial charge is 0.285 e. The molecule has 0 spiro atoms. The second-order valence-corrected chi connectivity index (χ2v) is 5.13. The van der Waals surface area contributed by atoms with E-state index in [2.05, 4.69) is 10.6 Å². The van der Waals surface area contributed by atoms with Gasteiger partial charge in [0.1, 0.15) is 5.56 Å². The Kier molecular flexibility index (Phi) is 4.68. The van der Waals surface area contributed by atoms with Crippen LogP contribution >= 0.6 is 0 Å². The van der Waals surface area contributed by atoms with Gasteiger partial charge in [0.15, 0.2) is 0 Å². The first kappa shape index (κ1) is 14.5. The number of carbonyl (C=O) groups is 1. The minimum atomic E-state index is -0.491. The normalized spacial score (nSPS) is 15.8. The van der Waals surface area contributed by atoms with Crippen molar-refractivity contribution in [1.82, 2.24) is 10.6 Å². The molecule has 20 heavy (non-hydrogen) atoms. The van der Waals surface area contributed by atoms with Gasteiger partial charge >= 0.3 is 0 Å². The van der Waals surface area contributed by atoms with Gasteiger partial charge in [0, 0.05) is 12.1 Å². The summed E-state index contributed by atoms with van der Waals surface area (Å²) >= 11 is 0. The zero-order valence-corrected chi connectivity index (χ0v) is 11.5. The van der Waals surface area contributed by atoms with Crippen LogP contribution in [0, 0.1) is 23.0 Å². The van der Waals surface area contributed by atoms with E-state index in [-0.39, 0.29) is 17.2 Å². The quantitative estimate of drug-likeness (QED) is 0.647. The van der Waals surface area contributed by atoms with Gasteiger partial charge in [0.2, 0.25) is 0 Å². The molecule has 108 valence electrons. The first-order valence-corrected chi connectivity index (χ1v) is 6.82. The zero-order valence-electron chi connectivity index (χ0n) is 11.5. The summed E-state index contributed by atoms with van der Waals surface area (Å²) in [6.45, 7) is 4.14. The van der Waals surface area contributed by atoms with Gasteiger partial charge in [-0.3, -0.25) is 14.9 Å². The predicted molar refractivity (Wildman–Crippen MR) is 75.8 cm³/mol. The van der Waals surface area contributed by atoms with Crippen molar-refractivity contribution in [2.45, 2.75) is 19.8 Å². The summed E-state index contributed by atoms with van der Waals surface area (Å²) in [4.78, 5) is 22.7. The highest BCUT2D eigenvalue weighted by Gasteiger charge is 2.23. The minimum Gasteiger partial charge on any atom is -0.352 e. The molecule has 0 radical (unpaired) electrons. The van der Waals surface area contributed by atoms with E-state index < -0.39 is 4.92 Å². The molecular weight excluding hydrogens is 258 g/mol. The highest BCUT2D eigenvalue weighted by molar-refractivity contribution is 5.98. The van der Waals surface area contributed by atoms with Crippen molar-refractivity contribution in [2.24, 2.45) is 5.92 Å². The first-order valence-electron chi connectivity index (χ1n) is 6.82. The molecule has 0 atom stereocenters. The Labute approximate surface area is 117 Å². The maximum atomic E-state index is 12.1. The lowest BCUT2D eigenvalue weighted by atomic mass is 9.98. The third-order valence-electron chi connectivity index (χ3n) is 3.67. The molecule has 1 aromatic rings. The summed E-state index contributed by atoms with van der Waals surface area (Å²) in [5, 5.41) is 17.2.